The molecule has 2 saturated heterocycles. The van der Waals surface area contributed by atoms with Gasteiger partial charge in [-0.05, 0) is 51.4 Å². The van der Waals surface area contributed by atoms with Gasteiger partial charge in [-0.3, -0.25) is 14.4 Å². The smallest absolute Gasteiger partial charge is 0.200 e. The summed E-state index contributed by atoms with van der Waals surface area (Å²) in [6.45, 7) is 3.21. The van der Waals surface area contributed by atoms with Gasteiger partial charge < -0.3 is 5.32 Å². The van der Waals surface area contributed by atoms with Crippen molar-refractivity contribution in [2.45, 2.75) is 37.8 Å². The summed E-state index contributed by atoms with van der Waals surface area (Å²) in [6.07, 6.45) is 6.28. The second kappa shape index (κ2) is 5.43. The van der Waals surface area contributed by atoms with Crippen LogP contribution in [-0.2, 0) is 7.05 Å². The van der Waals surface area contributed by atoms with E-state index in [2.05, 4.69) is 15.3 Å². The van der Waals surface area contributed by atoms with Crippen molar-refractivity contribution in [2.75, 3.05) is 19.6 Å². The molecule has 1 N–H and O–H groups in total. The summed E-state index contributed by atoms with van der Waals surface area (Å²) in [5, 5.41) is 7.65. The average molecular weight is 262 g/mol. The van der Waals surface area contributed by atoms with Crippen molar-refractivity contribution in [1.29, 1.82) is 0 Å². The Kier molecular flexibility index (Phi) is 3.66. The highest BCUT2D eigenvalue weighted by Crippen LogP contribution is 2.26. The van der Waals surface area contributed by atoms with Crippen LogP contribution in [0.15, 0.2) is 12.3 Å². The molecule has 0 bridgehead atoms. The van der Waals surface area contributed by atoms with E-state index in [0.29, 0.717) is 11.7 Å². The number of rotatable bonds is 3. The van der Waals surface area contributed by atoms with Gasteiger partial charge in [0.05, 0.1) is 6.04 Å². The molecule has 0 aromatic carbocycles. The molecule has 1 aromatic heterocycles. The average Bonchev–Trinajstić information content (AvgIpc) is 3.07. The predicted molar refractivity (Wildman–Crippen MR) is 73.2 cm³/mol. The Hall–Kier alpha value is -1.20. The number of aryl methyl sites for hydroxylation is 1. The number of hydrogen-bond donors (Lipinski definition) is 1. The molecule has 5 nitrogen and oxygen atoms in total. The zero-order valence-electron chi connectivity index (χ0n) is 11.5. The lowest BCUT2D eigenvalue weighted by Gasteiger charge is -2.34. The third-order valence-electron chi connectivity index (χ3n) is 4.34. The predicted octanol–water partition coefficient (Wildman–Crippen LogP) is 0.819. The van der Waals surface area contributed by atoms with Crippen LogP contribution in [0.3, 0.4) is 0 Å². The Morgan fingerprint density at radius 3 is 2.84 bits per heavy atom. The highest BCUT2D eigenvalue weighted by molar-refractivity contribution is 5.98. The molecule has 2 aliphatic heterocycles. The lowest BCUT2D eigenvalue weighted by Crippen LogP contribution is -2.47. The van der Waals surface area contributed by atoms with Gasteiger partial charge in [0.2, 0.25) is 0 Å². The van der Waals surface area contributed by atoms with E-state index in [4.69, 9.17) is 0 Å². The summed E-state index contributed by atoms with van der Waals surface area (Å²) in [7, 11) is 1.86. The molecular weight excluding hydrogens is 240 g/mol. The number of aromatic nitrogens is 2. The second-order valence-corrected chi connectivity index (χ2v) is 5.62. The maximum Gasteiger partial charge on any atom is 0.200 e. The Labute approximate surface area is 114 Å². The first-order valence-corrected chi connectivity index (χ1v) is 7.26. The molecule has 0 radical (unpaired) electrons. The molecule has 2 aliphatic rings. The summed E-state index contributed by atoms with van der Waals surface area (Å²) >= 11 is 0. The standard InChI is InChI=1S/C14H22N4O/c1-17-10-6-12(16-17)14(19)13-3-2-9-18(13)11-4-7-15-8-5-11/h6,10-11,13,15H,2-5,7-9H2,1H3. The van der Waals surface area contributed by atoms with Crippen LogP contribution in [0.5, 0.6) is 0 Å². The van der Waals surface area contributed by atoms with Crippen molar-refractivity contribution >= 4 is 5.78 Å². The molecule has 0 amide bonds. The molecule has 0 saturated carbocycles. The molecule has 19 heavy (non-hydrogen) atoms. The molecular formula is C14H22N4O. The largest absolute Gasteiger partial charge is 0.317 e. The normalized spacial score (nSPS) is 25.8. The first-order chi connectivity index (χ1) is 9.25. The van der Waals surface area contributed by atoms with Gasteiger partial charge in [0.1, 0.15) is 5.69 Å². The van der Waals surface area contributed by atoms with Gasteiger partial charge in [-0.25, -0.2) is 0 Å². The number of hydrogen-bond acceptors (Lipinski definition) is 4. The monoisotopic (exact) mass is 262 g/mol. The second-order valence-electron chi connectivity index (χ2n) is 5.62. The highest BCUT2D eigenvalue weighted by atomic mass is 16.1. The summed E-state index contributed by atoms with van der Waals surface area (Å²) in [4.78, 5) is 15.0. The first-order valence-electron chi connectivity index (χ1n) is 7.26. The Morgan fingerprint density at radius 2 is 2.16 bits per heavy atom. The van der Waals surface area contributed by atoms with E-state index in [1.807, 2.05) is 19.3 Å². The van der Waals surface area contributed by atoms with E-state index in [-0.39, 0.29) is 11.8 Å². The Morgan fingerprint density at radius 1 is 1.37 bits per heavy atom. The fourth-order valence-electron chi connectivity index (χ4n) is 3.36. The van der Waals surface area contributed by atoms with Gasteiger partial charge in [-0.15, -0.1) is 0 Å². The molecule has 0 spiro atoms. The minimum Gasteiger partial charge on any atom is -0.317 e. The minimum atomic E-state index is 0.0537. The van der Waals surface area contributed by atoms with E-state index in [0.717, 1.165) is 45.3 Å². The number of carbonyl (C=O) groups excluding carboxylic acids is 1. The van der Waals surface area contributed by atoms with Gasteiger partial charge in [0, 0.05) is 19.3 Å². The van der Waals surface area contributed by atoms with Gasteiger partial charge in [-0.1, -0.05) is 0 Å². The molecule has 104 valence electrons. The third kappa shape index (κ3) is 2.58. The summed E-state index contributed by atoms with van der Waals surface area (Å²) in [5.74, 6) is 0.205. The number of nitrogens with one attached hydrogen (secondary N) is 1. The Bertz CT molecular complexity index is 450. The number of likely N-dealkylation sites (tertiary alicyclic amines) is 1. The van der Waals surface area contributed by atoms with Crippen molar-refractivity contribution in [2.24, 2.45) is 7.05 Å². The van der Waals surface area contributed by atoms with Crippen LogP contribution in [-0.4, -0.2) is 52.2 Å². The third-order valence-corrected chi connectivity index (χ3v) is 4.34. The van der Waals surface area contributed by atoms with Gasteiger partial charge in [-0.2, -0.15) is 5.10 Å². The summed E-state index contributed by atoms with van der Waals surface area (Å²) < 4.78 is 1.71. The van der Waals surface area contributed by atoms with E-state index < -0.39 is 0 Å². The number of ketones is 1. The van der Waals surface area contributed by atoms with Crippen LogP contribution in [0.25, 0.3) is 0 Å². The number of carbonyl (C=O) groups is 1. The highest BCUT2D eigenvalue weighted by Gasteiger charge is 2.36. The molecule has 3 rings (SSSR count). The molecule has 0 aliphatic carbocycles. The fourth-order valence-corrected chi connectivity index (χ4v) is 3.36. The van der Waals surface area contributed by atoms with Crippen molar-refractivity contribution in [3.8, 4) is 0 Å². The SMILES string of the molecule is Cn1ccc(C(=O)C2CCCN2C2CCNCC2)n1. The molecule has 1 aromatic rings. The number of Topliss-reactive ketones (excluding diaryl/α,β-unsaturated/α-hetero) is 1. The van der Waals surface area contributed by atoms with Crippen LogP contribution in [0.2, 0.25) is 0 Å². The maximum absolute atomic E-state index is 12.6. The van der Waals surface area contributed by atoms with E-state index in [1.54, 1.807) is 4.68 Å². The van der Waals surface area contributed by atoms with Crippen LogP contribution < -0.4 is 5.32 Å². The van der Waals surface area contributed by atoms with Crippen molar-refractivity contribution in [3.63, 3.8) is 0 Å². The van der Waals surface area contributed by atoms with Crippen molar-refractivity contribution in [1.82, 2.24) is 20.0 Å². The molecule has 1 atom stereocenters. The van der Waals surface area contributed by atoms with Gasteiger partial charge >= 0.3 is 0 Å². The molecule has 1 unspecified atom stereocenters. The maximum atomic E-state index is 12.6. The van der Waals surface area contributed by atoms with Crippen molar-refractivity contribution < 1.29 is 4.79 Å². The van der Waals surface area contributed by atoms with Crippen LogP contribution in [0.4, 0.5) is 0 Å². The quantitative estimate of drug-likeness (QED) is 0.819. The van der Waals surface area contributed by atoms with E-state index in [1.165, 1.54) is 0 Å². The van der Waals surface area contributed by atoms with Crippen LogP contribution >= 0.6 is 0 Å². The first kappa shape index (κ1) is 12.8. The zero-order chi connectivity index (χ0) is 13.2. The number of nitrogens with zero attached hydrogens (tertiary/aromatic N) is 3. The minimum absolute atomic E-state index is 0.0537. The molecule has 2 fully saturated rings. The lowest BCUT2D eigenvalue weighted by atomic mass is 10.0. The van der Waals surface area contributed by atoms with Gasteiger partial charge in [0.15, 0.2) is 5.78 Å². The van der Waals surface area contributed by atoms with E-state index in [9.17, 15) is 4.79 Å². The molecule has 5 heteroatoms. The number of piperidine rings is 1. The summed E-state index contributed by atoms with van der Waals surface area (Å²) in [5.41, 5.74) is 0.619. The Balaban J connectivity index is 1.73. The van der Waals surface area contributed by atoms with Crippen LogP contribution in [0, 0.1) is 0 Å². The van der Waals surface area contributed by atoms with E-state index >= 15 is 0 Å². The topological polar surface area (TPSA) is 50.2 Å². The van der Waals surface area contributed by atoms with Crippen molar-refractivity contribution in [3.05, 3.63) is 18.0 Å². The lowest BCUT2D eigenvalue weighted by molar-refractivity contribution is 0.0778. The fraction of sp³-hybridized carbons (Fsp3) is 0.714. The zero-order valence-corrected chi connectivity index (χ0v) is 11.5. The summed E-state index contributed by atoms with van der Waals surface area (Å²) in [6, 6.07) is 2.46. The molecule has 3 heterocycles. The van der Waals surface area contributed by atoms with Crippen LogP contribution in [0.1, 0.15) is 36.2 Å². The van der Waals surface area contributed by atoms with Gasteiger partial charge in [0.25, 0.3) is 0 Å².